The van der Waals surface area contributed by atoms with Crippen molar-refractivity contribution in [3.05, 3.63) is 28.8 Å². The average Bonchev–Trinajstić information content (AvgIpc) is 2.52. The maximum Gasteiger partial charge on any atom is 0.244 e. The van der Waals surface area contributed by atoms with Crippen molar-refractivity contribution in [2.75, 3.05) is 20.8 Å². The summed E-state index contributed by atoms with van der Waals surface area (Å²) >= 11 is 6.10. The minimum atomic E-state index is -0.610. The first-order valence-electron chi connectivity index (χ1n) is 7.10. The van der Waals surface area contributed by atoms with E-state index in [1.165, 1.54) is 20.3 Å². The molecule has 126 valence electrons. The molecule has 1 aromatic rings. The van der Waals surface area contributed by atoms with Crippen molar-refractivity contribution in [1.29, 1.82) is 0 Å². The maximum absolute atomic E-state index is 11.8. The van der Waals surface area contributed by atoms with Crippen molar-refractivity contribution < 1.29 is 19.1 Å². The van der Waals surface area contributed by atoms with E-state index in [1.54, 1.807) is 25.1 Å². The Morgan fingerprint density at radius 1 is 1.30 bits per heavy atom. The molecule has 0 bridgehead atoms. The highest BCUT2D eigenvalue weighted by atomic mass is 35.5. The van der Waals surface area contributed by atoms with Crippen LogP contribution in [-0.2, 0) is 9.59 Å². The highest BCUT2D eigenvalue weighted by Gasteiger charge is 2.13. The molecule has 0 radical (unpaired) electrons. The second-order valence-corrected chi connectivity index (χ2v) is 5.10. The van der Waals surface area contributed by atoms with Crippen LogP contribution >= 0.6 is 11.6 Å². The van der Waals surface area contributed by atoms with Gasteiger partial charge in [0.15, 0.2) is 11.5 Å². The third-order valence-electron chi connectivity index (χ3n) is 2.99. The summed E-state index contributed by atoms with van der Waals surface area (Å²) in [5, 5.41) is 5.59. The topological polar surface area (TPSA) is 76.7 Å². The number of halogens is 1. The summed E-state index contributed by atoms with van der Waals surface area (Å²) in [7, 11) is 3.00. The van der Waals surface area contributed by atoms with Crippen LogP contribution in [0.4, 0.5) is 0 Å². The van der Waals surface area contributed by atoms with Gasteiger partial charge in [0.05, 0.1) is 19.2 Å². The van der Waals surface area contributed by atoms with E-state index in [0.29, 0.717) is 28.6 Å². The van der Waals surface area contributed by atoms with Gasteiger partial charge in [0.1, 0.15) is 6.04 Å². The minimum absolute atomic E-state index is 0.233. The molecule has 0 aliphatic rings. The number of methoxy groups -OCH3 is 2. The molecular weight excluding hydrogens is 320 g/mol. The van der Waals surface area contributed by atoms with E-state index in [4.69, 9.17) is 21.1 Å². The molecular formula is C16H21ClN2O4. The van der Waals surface area contributed by atoms with Gasteiger partial charge in [-0.25, -0.2) is 0 Å². The second kappa shape index (κ2) is 9.05. The van der Waals surface area contributed by atoms with Crippen LogP contribution < -0.4 is 20.1 Å². The van der Waals surface area contributed by atoms with E-state index < -0.39 is 6.04 Å². The van der Waals surface area contributed by atoms with Crippen LogP contribution in [0.1, 0.15) is 19.4 Å². The molecule has 0 unspecified atom stereocenters. The van der Waals surface area contributed by atoms with Crippen LogP contribution in [-0.4, -0.2) is 38.6 Å². The van der Waals surface area contributed by atoms with E-state index in [9.17, 15) is 9.59 Å². The molecule has 1 rings (SSSR count). The first-order valence-corrected chi connectivity index (χ1v) is 7.48. The molecule has 0 fully saturated rings. The van der Waals surface area contributed by atoms with E-state index in [2.05, 4.69) is 10.6 Å². The van der Waals surface area contributed by atoms with Gasteiger partial charge in [-0.3, -0.25) is 9.59 Å². The standard InChI is InChI=1S/C16H21ClN2O4/c1-5-18-16(21)10(2)19-14(20)7-6-11-8-12(17)15(23-4)13(9-11)22-3/h6-10H,5H2,1-4H3,(H,18,21)(H,19,20)/b7-6+/t10-/m0/s1. The van der Waals surface area contributed by atoms with Gasteiger partial charge in [-0.2, -0.15) is 0 Å². The summed E-state index contributed by atoms with van der Waals surface area (Å²) in [6.07, 6.45) is 2.90. The summed E-state index contributed by atoms with van der Waals surface area (Å²) in [4.78, 5) is 23.4. The maximum atomic E-state index is 11.8. The van der Waals surface area contributed by atoms with E-state index in [0.717, 1.165) is 0 Å². The van der Waals surface area contributed by atoms with E-state index in [1.807, 2.05) is 6.92 Å². The van der Waals surface area contributed by atoms with Crippen molar-refractivity contribution in [3.63, 3.8) is 0 Å². The molecule has 0 aliphatic carbocycles. The summed E-state index contributed by atoms with van der Waals surface area (Å²) in [6.45, 7) is 3.94. The van der Waals surface area contributed by atoms with Gasteiger partial charge in [0, 0.05) is 12.6 Å². The van der Waals surface area contributed by atoms with Crippen LogP contribution in [0.25, 0.3) is 6.08 Å². The number of benzene rings is 1. The van der Waals surface area contributed by atoms with Gasteiger partial charge in [0.2, 0.25) is 11.8 Å². The quantitative estimate of drug-likeness (QED) is 0.744. The largest absolute Gasteiger partial charge is 0.493 e. The normalized spacial score (nSPS) is 11.9. The van der Waals surface area contributed by atoms with Crippen LogP contribution in [0.5, 0.6) is 11.5 Å². The van der Waals surface area contributed by atoms with Gasteiger partial charge >= 0.3 is 0 Å². The Kier molecular flexibility index (Phi) is 7.41. The molecule has 0 spiro atoms. The van der Waals surface area contributed by atoms with Crippen molar-refractivity contribution in [2.24, 2.45) is 0 Å². The molecule has 0 aliphatic heterocycles. The Morgan fingerprint density at radius 3 is 2.57 bits per heavy atom. The molecule has 0 saturated carbocycles. The minimum Gasteiger partial charge on any atom is -0.493 e. The van der Waals surface area contributed by atoms with Crippen molar-refractivity contribution >= 4 is 29.5 Å². The molecule has 1 aromatic carbocycles. The number of nitrogens with one attached hydrogen (secondary N) is 2. The van der Waals surface area contributed by atoms with Crippen LogP contribution in [0.3, 0.4) is 0 Å². The molecule has 6 nitrogen and oxygen atoms in total. The Morgan fingerprint density at radius 2 is 2.00 bits per heavy atom. The lowest BCUT2D eigenvalue weighted by Gasteiger charge is -2.12. The Labute approximate surface area is 140 Å². The van der Waals surface area contributed by atoms with E-state index in [-0.39, 0.29) is 11.8 Å². The summed E-state index contributed by atoms with van der Waals surface area (Å²) in [5.41, 5.74) is 0.675. The first kappa shape index (κ1) is 18.8. The number of hydrogen-bond donors (Lipinski definition) is 2. The zero-order chi connectivity index (χ0) is 17.4. The number of likely N-dealkylation sites (N-methyl/N-ethyl adjacent to an activating group) is 1. The predicted molar refractivity (Wildman–Crippen MR) is 89.9 cm³/mol. The lowest BCUT2D eigenvalue weighted by atomic mass is 10.2. The molecule has 0 heterocycles. The summed E-state index contributed by atoms with van der Waals surface area (Å²) in [5.74, 6) is 0.287. The number of amides is 2. The Hall–Kier alpha value is -2.21. The van der Waals surface area contributed by atoms with Crippen LogP contribution in [0.2, 0.25) is 5.02 Å². The number of carbonyl (C=O) groups excluding carboxylic acids is 2. The highest BCUT2D eigenvalue weighted by Crippen LogP contribution is 2.36. The third-order valence-corrected chi connectivity index (χ3v) is 3.27. The molecule has 7 heteroatoms. The zero-order valence-corrected chi connectivity index (χ0v) is 14.4. The number of carbonyl (C=O) groups is 2. The first-order chi connectivity index (χ1) is 10.9. The second-order valence-electron chi connectivity index (χ2n) is 4.70. The molecule has 0 aromatic heterocycles. The molecule has 0 saturated heterocycles. The van der Waals surface area contributed by atoms with Gasteiger partial charge in [0.25, 0.3) is 0 Å². The Balaban J connectivity index is 2.79. The van der Waals surface area contributed by atoms with Crippen LogP contribution in [0.15, 0.2) is 18.2 Å². The van der Waals surface area contributed by atoms with Crippen molar-refractivity contribution in [2.45, 2.75) is 19.9 Å². The lowest BCUT2D eigenvalue weighted by molar-refractivity contribution is -0.126. The molecule has 2 N–H and O–H groups in total. The number of rotatable bonds is 7. The molecule has 23 heavy (non-hydrogen) atoms. The third kappa shape index (κ3) is 5.49. The fraction of sp³-hybridized carbons (Fsp3) is 0.375. The molecule has 1 atom stereocenters. The van der Waals surface area contributed by atoms with Crippen LogP contribution in [0, 0.1) is 0 Å². The predicted octanol–water partition coefficient (Wildman–Crippen LogP) is 2.01. The monoisotopic (exact) mass is 340 g/mol. The average molecular weight is 341 g/mol. The van der Waals surface area contributed by atoms with Gasteiger partial charge in [-0.05, 0) is 37.6 Å². The Bertz CT molecular complexity index is 602. The molecule has 2 amide bonds. The highest BCUT2D eigenvalue weighted by molar-refractivity contribution is 6.32. The smallest absolute Gasteiger partial charge is 0.244 e. The van der Waals surface area contributed by atoms with Gasteiger partial charge < -0.3 is 20.1 Å². The van der Waals surface area contributed by atoms with E-state index >= 15 is 0 Å². The fourth-order valence-corrected chi connectivity index (χ4v) is 2.16. The van der Waals surface area contributed by atoms with Crippen molar-refractivity contribution in [3.8, 4) is 11.5 Å². The number of ether oxygens (including phenoxy) is 2. The van der Waals surface area contributed by atoms with Gasteiger partial charge in [-0.1, -0.05) is 11.6 Å². The SMILES string of the molecule is CCNC(=O)[C@H](C)NC(=O)/C=C/c1cc(Cl)c(OC)c(OC)c1. The fourth-order valence-electron chi connectivity index (χ4n) is 1.86. The summed E-state index contributed by atoms with van der Waals surface area (Å²) in [6, 6.07) is 2.74. The number of hydrogen-bond acceptors (Lipinski definition) is 4. The van der Waals surface area contributed by atoms with Crippen molar-refractivity contribution in [1.82, 2.24) is 10.6 Å². The summed E-state index contributed by atoms with van der Waals surface area (Å²) < 4.78 is 10.3. The zero-order valence-electron chi connectivity index (χ0n) is 13.6. The van der Waals surface area contributed by atoms with Gasteiger partial charge in [-0.15, -0.1) is 0 Å². The lowest BCUT2D eigenvalue weighted by Crippen LogP contribution is -2.44.